The zero-order valence-electron chi connectivity index (χ0n) is 20.4. The molecule has 0 radical (unpaired) electrons. The van der Waals surface area contributed by atoms with Gasteiger partial charge in [-0.15, -0.1) is 0 Å². The maximum Gasteiger partial charge on any atom is 0.264 e. The molecule has 10 heteroatoms. The lowest BCUT2D eigenvalue weighted by atomic mass is 10.1. The van der Waals surface area contributed by atoms with Gasteiger partial charge >= 0.3 is 0 Å². The van der Waals surface area contributed by atoms with Crippen LogP contribution in [0.2, 0.25) is 0 Å². The summed E-state index contributed by atoms with van der Waals surface area (Å²) < 4.78 is 38.5. The zero-order chi connectivity index (χ0) is 26.1. The minimum atomic E-state index is -4.11. The van der Waals surface area contributed by atoms with E-state index in [0.717, 1.165) is 4.31 Å². The lowest BCUT2D eigenvalue weighted by Gasteiger charge is -2.24. The number of carbonyl (C=O) groups is 2. The normalized spacial score (nSPS) is 11.0. The van der Waals surface area contributed by atoms with Crippen molar-refractivity contribution in [3.05, 3.63) is 83.9 Å². The van der Waals surface area contributed by atoms with Crippen LogP contribution in [0.15, 0.2) is 77.7 Å². The van der Waals surface area contributed by atoms with E-state index in [4.69, 9.17) is 9.47 Å². The van der Waals surface area contributed by atoms with Gasteiger partial charge in [-0.2, -0.15) is 0 Å². The summed E-state index contributed by atoms with van der Waals surface area (Å²) in [6.07, 6.45) is 0. The lowest BCUT2D eigenvalue weighted by molar-refractivity contribution is -0.114. The van der Waals surface area contributed by atoms with Crippen molar-refractivity contribution in [2.45, 2.75) is 11.8 Å². The third-order valence-electron chi connectivity index (χ3n) is 5.32. The molecule has 0 heterocycles. The molecule has 2 amide bonds. The minimum Gasteiger partial charge on any atom is -0.496 e. The summed E-state index contributed by atoms with van der Waals surface area (Å²) in [4.78, 5) is 25.7. The fourth-order valence-electron chi connectivity index (χ4n) is 3.52. The molecule has 0 aliphatic rings. The second-order valence-corrected chi connectivity index (χ2v) is 9.68. The average Bonchev–Trinajstić information content (AvgIpc) is 2.88. The van der Waals surface area contributed by atoms with Crippen molar-refractivity contribution in [1.82, 2.24) is 5.32 Å². The Balaban J connectivity index is 1.89. The largest absolute Gasteiger partial charge is 0.496 e. The molecular weight excluding hydrogens is 482 g/mol. The summed E-state index contributed by atoms with van der Waals surface area (Å²) in [6, 6.07) is 19.4. The number of hydrogen-bond donors (Lipinski definition) is 2. The maximum absolute atomic E-state index is 13.6. The van der Waals surface area contributed by atoms with Crippen LogP contribution in [0.3, 0.4) is 0 Å². The number of rotatable bonds is 11. The molecular formula is C26H29N3O6S. The van der Waals surface area contributed by atoms with Gasteiger partial charge in [0.25, 0.3) is 15.9 Å². The van der Waals surface area contributed by atoms with E-state index < -0.39 is 22.5 Å². The second-order valence-electron chi connectivity index (χ2n) is 7.82. The smallest absolute Gasteiger partial charge is 0.264 e. The molecule has 0 saturated heterocycles. The van der Waals surface area contributed by atoms with Crippen molar-refractivity contribution in [2.75, 3.05) is 43.5 Å². The Morgan fingerprint density at radius 3 is 2.31 bits per heavy atom. The molecule has 0 aliphatic heterocycles. The van der Waals surface area contributed by atoms with E-state index in [9.17, 15) is 18.0 Å². The van der Waals surface area contributed by atoms with E-state index in [2.05, 4.69) is 10.6 Å². The van der Waals surface area contributed by atoms with Gasteiger partial charge in [-0.25, -0.2) is 8.42 Å². The Kier molecular flexibility index (Phi) is 9.04. The van der Waals surface area contributed by atoms with Gasteiger partial charge in [0.05, 0.1) is 35.6 Å². The summed E-state index contributed by atoms with van der Waals surface area (Å²) in [6.45, 7) is 1.89. The van der Waals surface area contributed by atoms with Crippen LogP contribution >= 0.6 is 0 Å². The molecule has 0 aliphatic carbocycles. The lowest BCUT2D eigenvalue weighted by Crippen LogP contribution is -2.38. The Labute approximate surface area is 211 Å². The Morgan fingerprint density at radius 1 is 0.944 bits per heavy atom. The van der Waals surface area contributed by atoms with Crippen molar-refractivity contribution in [1.29, 1.82) is 0 Å². The van der Waals surface area contributed by atoms with Gasteiger partial charge in [-0.1, -0.05) is 30.3 Å². The fraction of sp³-hybridized carbons (Fsp3) is 0.231. The number of hydrogen-bond acceptors (Lipinski definition) is 6. The van der Waals surface area contributed by atoms with Crippen LogP contribution in [0.1, 0.15) is 15.9 Å². The molecule has 0 saturated carbocycles. The molecule has 36 heavy (non-hydrogen) atoms. The van der Waals surface area contributed by atoms with Gasteiger partial charge < -0.3 is 20.1 Å². The van der Waals surface area contributed by atoms with E-state index in [1.54, 1.807) is 67.6 Å². The second kappa shape index (κ2) is 12.2. The molecule has 190 valence electrons. The number of nitrogens with zero attached hydrogens (tertiary/aromatic N) is 1. The number of anilines is 2. The quantitative estimate of drug-likeness (QED) is 0.382. The van der Waals surface area contributed by atoms with Gasteiger partial charge in [-0.3, -0.25) is 13.9 Å². The number of para-hydroxylation sites is 2. The molecule has 9 nitrogen and oxygen atoms in total. The van der Waals surface area contributed by atoms with Crippen molar-refractivity contribution in [3.63, 3.8) is 0 Å². The Morgan fingerprint density at radius 2 is 1.64 bits per heavy atom. The molecule has 0 aromatic heterocycles. The van der Waals surface area contributed by atoms with Crippen LogP contribution < -0.4 is 19.7 Å². The third kappa shape index (κ3) is 6.41. The highest BCUT2D eigenvalue weighted by atomic mass is 32.2. The van der Waals surface area contributed by atoms with Crippen LogP contribution in [-0.4, -0.2) is 54.1 Å². The molecule has 0 unspecified atom stereocenters. The highest BCUT2D eigenvalue weighted by Gasteiger charge is 2.28. The number of ether oxygens (including phenoxy) is 2. The van der Waals surface area contributed by atoms with E-state index in [-0.39, 0.29) is 22.1 Å². The molecule has 0 fully saturated rings. The van der Waals surface area contributed by atoms with E-state index in [0.29, 0.717) is 30.2 Å². The number of amides is 2. The van der Waals surface area contributed by atoms with E-state index >= 15 is 0 Å². The van der Waals surface area contributed by atoms with Crippen molar-refractivity contribution in [2.24, 2.45) is 0 Å². The van der Waals surface area contributed by atoms with Crippen LogP contribution in [0.25, 0.3) is 0 Å². The third-order valence-corrected chi connectivity index (χ3v) is 7.09. The maximum atomic E-state index is 13.6. The summed E-state index contributed by atoms with van der Waals surface area (Å²) in [5.41, 5.74) is 1.49. The number of benzene rings is 3. The molecule has 3 aromatic carbocycles. The van der Waals surface area contributed by atoms with Crippen LogP contribution in [0.5, 0.6) is 5.75 Å². The van der Waals surface area contributed by atoms with E-state index in [1.807, 2.05) is 0 Å². The Hall–Kier alpha value is -3.89. The summed E-state index contributed by atoms with van der Waals surface area (Å²) in [7, 11) is -1.07. The molecule has 2 N–H and O–H groups in total. The fourth-order valence-corrected chi connectivity index (χ4v) is 5.03. The summed E-state index contributed by atoms with van der Waals surface area (Å²) >= 11 is 0. The predicted octanol–water partition coefficient (Wildman–Crippen LogP) is 3.21. The number of carbonyl (C=O) groups excluding carboxylic acids is 2. The molecule has 3 aromatic rings. The standard InChI is InChI=1S/C26H29N3O6S/c1-19-17-21(13-14-24(19)35-3)36(32,33)29(20-9-5-4-6-10-20)18-25(30)28-23-12-8-7-11-22(23)26(31)27-15-16-34-2/h4-14,17H,15-16,18H2,1-3H3,(H,27,31)(H,28,30). The highest BCUT2D eigenvalue weighted by Crippen LogP contribution is 2.27. The van der Waals surface area contributed by atoms with Gasteiger partial charge in [-0.05, 0) is 55.0 Å². The van der Waals surface area contributed by atoms with Crippen LogP contribution in [0, 0.1) is 6.92 Å². The van der Waals surface area contributed by atoms with Crippen LogP contribution in [-0.2, 0) is 19.6 Å². The number of sulfonamides is 1. The topological polar surface area (TPSA) is 114 Å². The van der Waals surface area contributed by atoms with Gasteiger partial charge in [0, 0.05) is 13.7 Å². The Bertz CT molecular complexity index is 1310. The zero-order valence-corrected chi connectivity index (χ0v) is 21.2. The molecule has 0 bridgehead atoms. The first-order chi connectivity index (χ1) is 17.3. The van der Waals surface area contributed by atoms with Gasteiger partial charge in [0.2, 0.25) is 5.91 Å². The van der Waals surface area contributed by atoms with Crippen molar-refractivity contribution in [3.8, 4) is 5.75 Å². The van der Waals surface area contributed by atoms with Crippen LogP contribution in [0.4, 0.5) is 11.4 Å². The SMILES string of the molecule is COCCNC(=O)c1ccccc1NC(=O)CN(c1ccccc1)S(=O)(=O)c1ccc(OC)c(C)c1. The monoisotopic (exact) mass is 511 g/mol. The number of methoxy groups -OCH3 is 2. The van der Waals surface area contributed by atoms with Crippen molar-refractivity contribution >= 4 is 33.2 Å². The highest BCUT2D eigenvalue weighted by molar-refractivity contribution is 7.92. The summed E-state index contributed by atoms with van der Waals surface area (Å²) in [5.74, 6) is -0.438. The first-order valence-corrected chi connectivity index (χ1v) is 12.6. The molecule has 0 spiro atoms. The van der Waals surface area contributed by atoms with Gasteiger partial charge in [0.1, 0.15) is 12.3 Å². The van der Waals surface area contributed by atoms with Crippen molar-refractivity contribution < 1.29 is 27.5 Å². The number of aryl methyl sites for hydroxylation is 1. The first-order valence-electron chi connectivity index (χ1n) is 11.2. The minimum absolute atomic E-state index is 0.0235. The molecule has 3 rings (SSSR count). The average molecular weight is 512 g/mol. The van der Waals surface area contributed by atoms with Gasteiger partial charge in [0.15, 0.2) is 0 Å². The predicted molar refractivity (Wildman–Crippen MR) is 138 cm³/mol. The van der Waals surface area contributed by atoms with E-state index in [1.165, 1.54) is 26.4 Å². The summed E-state index contributed by atoms with van der Waals surface area (Å²) in [5, 5.41) is 5.39. The number of nitrogens with one attached hydrogen (secondary N) is 2. The molecule has 0 atom stereocenters. The first kappa shape index (κ1) is 26.7.